The maximum atomic E-state index is 13.0. The molecular formula is C66H119O11P. The summed E-state index contributed by atoms with van der Waals surface area (Å²) in [6.07, 6.45) is 67.4. The number of phosphoric acid groups is 1. The van der Waals surface area contributed by atoms with Gasteiger partial charge in [-0.05, 0) is 103 Å². The number of unbranched alkanes of at least 4 members (excludes halogenated alkanes) is 33. The molecule has 3 unspecified atom stereocenters. The summed E-state index contributed by atoms with van der Waals surface area (Å²) >= 11 is 0. The lowest BCUT2D eigenvalue weighted by Crippen LogP contribution is -2.30. The minimum absolute atomic E-state index is 0.162. The van der Waals surface area contributed by atoms with Gasteiger partial charge < -0.3 is 24.2 Å². The Morgan fingerprint density at radius 1 is 0.372 bits per heavy atom. The van der Waals surface area contributed by atoms with Gasteiger partial charge in [-0.1, -0.05) is 242 Å². The van der Waals surface area contributed by atoms with Gasteiger partial charge in [0.05, 0.1) is 19.8 Å². The summed E-state index contributed by atoms with van der Waals surface area (Å²) in [5.74, 6) is -1.48. The monoisotopic (exact) mass is 1120 g/mol. The molecule has 0 fully saturated rings. The van der Waals surface area contributed by atoms with Gasteiger partial charge in [0.1, 0.15) is 12.7 Å². The predicted molar refractivity (Wildman–Crippen MR) is 325 cm³/mol. The van der Waals surface area contributed by atoms with E-state index in [9.17, 15) is 28.9 Å². The van der Waals surface area contributed by atoms with Crippen LogP contribution in [0, 0.1) is 0 Å². The van der Waals surface area contributed by atoms with Crippen molar-refractivity contribution in [1.82, 2.24) is 0 Å². The van der Waals surface area contributed by atoms with Crippen LogP contribution in [0.15, 0.2) is 60.8 Å². The molecule has 0 heterocycles. The van der Waals surface area contributed by atoms with E-state index in [0.717, 1.165) is 96.3 Å². The zero-order valence-corrected chi connectivity index (χ0v) is 51.3. The molecule has 0 radical (unpaired) electrons. The van der Waals surface area contributed by atoms with Crippen LogP contribution in [0.4, 0.5) is 0 Å². The largest absolute Gasteiger partial charge is 0.472 e. The van der Waals surface area contributed by atoms with Crippen molar-refractivity contribution in [2.75, 3.05) is 26.4 Å². The van der Waals surface area contributed by atoms with E-state index in [0.29, 0.717) is 19.3 Å². The van der Waals surface area contributed by atoms with Crippen LogP contribution >= 0.6 is 7.82 Å². The fourth-order valence-corrected chi connectivity index (χ4v) is 9.79. The Hall–Kier alpha value is -2.82. The van der Waals surface area contributed by atoms with Crippen LogP contribution < -0.4 is 0 Å². The first-order valence-electron chi connectivity index (χ1n) is 32.2. The van der Waals surface area contributed by atoms with Crippen LogP contribution in [0.5, 0.6) is 0 Å². The van der Waals surface area contributed by atoms with Crippen molar-refractivity contribution in [1.29, 1.82) is 0 Å². The average Bonchev–Trinajstić information content (AvgIpc) is 3.43. The van der Waals surface area contributed by atoms with Crippen molar-refractivity contribution in [2.45, 2.75) is 315 Å². The van der Waals surface area contributed by atoms with E-state index in [1.54, 1.807) is 0 Å². The fraction of sp³-hybridized carbons (Fsp3) is 0.803. The van der Waals surface area contributed by atoms with E-state index >= 15 is 0 Å². The van der Waals surface area contributed by atoms with Crippen LogP contribution in [0.1, 0.15) is 303 Å². The van der Waals surface area contributed by atoms with Crippen molar-refractivity contribution < 1.29 is 52.2 Å². The smallest absolute Gasteiger partial charge is 0.462 e. The van der Waals surface area contributed by atoms with Gasteiger partial charge in [0, 0.05) is 19.3 Å². The molecule has 0 aromatic heterocycles. The van der Waals surface area contributed by atoms with E-state index in [1.165, 1.54) is 148 Å². The van der Waals surface area contributed by atoms with E-state index in [4.69, 9.17) is 23.3 Å². The van der Waals surface area contributed by atoms with Crippen molar-refractivity contribution in [2.24, 2.45) is 0 Å². The highest BCUT2D eigenvalue weighted by Crippen LogP contribution is 2.43. The maximum absolute atomic E-state index is 13.0. The zero-order valence-electron chi connectivity index (χ0n) is 50.4. The molecule has 0 aliphatic heterocycles. The molecule has 2 N–H and O–H groups in total. The molecule has 12 heteroatoms. The molecule has 0 aliphatic carbocycles. The Morgan fingerprint density at radius 3 is 1.04 bits per heavy atom. The quantitative estimate of drug-likeness (QED) is 0.0197. The Kier molecular flexibility index (Phi) is 58.1. The minimum atomic E-state index is -4.76. The summed E-state index contributed by atoms with van der Waals surface area (Å²) in [6, 6.07) is 0. The highest BCUT2D eigenvalue weighted by molar-refractivity contribution is 7.47. The van der Waals surface area contributed by atoms with Gasteiger partial charge in [-0.15, -0.1) is 0 Å². The van der Waals surface area contributed by atoms with E-state index in [-0.39, 0.29) is 25.9 Å². The summed E-state index contributed by atoms with van der Waals surface area (Å²) < 4.78 is 39.7. The van der Waals surface area contributed by atoms with E-state index in [2.05, 4.69) is 81.5 Å². The van der Waals surface area contributed by atoms with Crippen LogP contribution in [-0.4, -0.2) is 66.5 Å². The standard InChI is InChI=1S/C66H119O11P/c1-4-7-10-13-16-19-22-25-28-30-31-33-36-39-42-45-48-51-54-57-66(70)77-63(59-73-64(68)55-52-49-46-43-40-37-34-27-24-21-18-15-12-9-6-3)61-75-78(71,72)74-60-62(58-67)76-65(69)56-53-50-47-44-41-38-35-32-29-26-23-20-17-14-11-8-5-2/h9,12,18,21,25-29,34,62-63,67H,4-8,10-11,13-17,19-20,22-24,30-33,35-61H2,1-3H3,(H,71,72)/b12-9-,21-18-,28-25-,29-26-,34-27-. The Bertz CT molecular complexity index is 1540. The number of aliphatic hydroxyl groups excluding tert-OH is 1. The second kappa shape index (κ2) is 60.3. The third-order valence-corrected chi connectivity index (χ3v) is 14.8. The van der Waals surface area contributed by atoms with E-state index < -0.39 is 57.8 Å². The topological polar surface area (TPSA) is 155 Å². The van der Waals surface area contributed by atoms with Crippen molar-refractivity contribution >= 4 is 25.7 Å². The molecular weight excluding hydrogens is 1000 g/mol. The average molecular weight is 1120 g/mol. The number of carbonyl (C=O) groups is 3. The van der Waals surface area contributed by atoms with Gasteiger partial charge >= 0.3 is 25.7 Å². The molecule has 78 heavy (non-hydrogen) atoms. The molecule has 0 bridgehead atoms. The summed E-state index contributed by atoms with van der Waals surface area (Å²) in [6.45, 7) is 4.55. The summed E-state index contributed by atoms with van der Waals surface area (Å²) in [5, 5.41) is 9.85. The molecule has 454 valence electrons. The lowest BCUT2D eigenvalue weighted by molar-refractivity contribution is -0.161. The molecule has 0 saturated heterocycles. The molecule has 3 atom stereocenters. The van der Waals surface area contributed by atoms with Crippen LogP contribution in [0.3, 0.4) is 0 Å². The number of aliphatic hydroxyl groups is 1. The van der Waals surface area contributed by atoms with Crippen molar-refractivity contribution in [3.8, 4) is 0 Å². The van der Waals surface area contributed by atoms with Crippen molar-refractivity contribution in [3.05, 3.63) is 60.8 Å². The van der Waals surface area contributed by atoms with Crippen LogP contribution in [-0.2, 0) is 42.2 Å². The number of rotatable bonds is 60. The Labute approximate surface area is 478 Å². The number of hydrogen-bond acceptors (Lipinski definition) is 10. The first-order chi connectivity index (χ1) is 38.2. The molecule has 0 aromatic carbocycles. The maximum Gasteiger partial charge on any atom is 0.472 e. The van der Waals surface area contributed by atoms with Gasteiger partial charge in [0.25, 0.3) is 0 Å². The normalized spacial score (nSPS) is 13.7. The van der Waals surface area contributed by atoms with Gasteiger partial charge in [-0.3, -0.25) is 23.4 Å². The van der Waals surface area contributed by atoms with Gasteiger partial charge in [0.2, 0.25) is 0 Å². The number of hydrogen-bond donors (Lipinski definition) is 2. The molecule has 0 saturated carbocycles. The first-order valence-corrected chi connectivity index (χ1v) is 33.7. The van der Waals surface area contributed by atoms with Gasteiger partial charge in [-0.2, -0.15) is 0 Å². The van der Waals surface area contributed by atoms with E-state index in [1.807, 2.05) is 0 Å². The molecule has 0 aliphatic rings. The number of ether oxygens (including phenoxy) is 3. The second-order valence-corrected chi connectivity index (χ2v) is 23.0. The number of phosphoric ester groups is 1. The Morgan fingerprint density at radius 2 is 0.667 bits per heavy atom. The zero-order chi connectivity index (χ0) is 56.9. The molecule has 0 rings (SSSR count). The van der Waals surface area contributed by atoms with Gasteiger partial charge in [-0.25, -0.2) is 4.57 Å². The second-order valence-electron chi connectivity index (χ2n) is 21.5. The van der Waals surface area contributed by atoms with Crippen LogP contribution in [0.25, 0.3) is 0 Å². The fourth-order valence-electron chi connectivity index (χ4n) is 9.01. The minimum Gasteiger partial charge on any atom is -0.462 e. The number of carbonyl (C=O) groups excluding carboxylic acids is 3. The molecule has 0 spiro atoms. The highest BCUT2D eigenvalue weighted by Gasteiger charge is 2.28. The Balaban J connectivity index is 4.69. The first kappa shape index (κ1) is 75.2. The molecule has 0 amide bonds. The number of allylic oxidation sites excluding steroid dienone is 10. The van der Waals surface area contributed by atoms with Gasteiger partial charge in [0.15, 0.2) is 6.10 Å². The summed E-state index contributed by atoms with van der Waals surface area (Å²) in [5.41, 5.74) is 0. The van der Waals surface area contributed by atoms with Crippen molar-refractivity contribution in [3.63, 3.8) is 0 Å². The summed E-state index contributed by atoms with van der Waals surface area (Å²) in [4.78, 5) is 48.7. The lowest BCUT2D eigenvalue weighted by Gasteiger charge is -2.21. The number of esters is 3. The third-order valence-electron chi connectivity index (χ3n) is 13.9. The third kappa shape index (κ3) is 57.9. The highest BCUT2D eigenvalue weighted by atomic mass is 31.2. The predicted octanol–water partition coefficient (Wildman–Crippen LogP) is 19.5. The summed E-state index contributed by atoms with van der Waals surface area (Å²) in [7, 11) is -4.76. The SMILES string of the molecule is CC/C=C\C/C=C\C/C=C\CCCCCCCC(=O)OCC(COP(=O)(O)OCC(CO)OC(=O)CCCCCCCCC/C=C\CCCCCCCC)OC(=O)CCCCCCCCCCC/C=C\CCCCCCCC. The lowest BCUT2D eigenvalue weighted by atomic mass is 10.1. The van der Waals surface area contributed by atoms with Crippen LogP contribution in [0.2, 0.25) is 0 Å². The molecule has 0 aromatic rings. The molecule has 11 nitrogen and oxygen atoms in total.